The maximum atomic E-state index is 11.4. The molecular formula is C11H13N3O5S. The number of nitrogens with zero attached hydrogens (tertiary/aromatic N) is 2. The molecule has 0 fully saturated rings. The molecule has 2 N–H and O–H groups in total. The van der Waals surface area contributed by atoms with Crippen LogP contribution in [-0.4, -0.2) is 45.9 Å². The first-order chi connectivity index (χ1) is 9.35. The highest BCUT2D eigenvalue weighted by atomic mass is 32.2. The fourth-order valence-corrected chi connectivity index (χ4v) is 2.28. The van der Waals surface area contributed by atoms with Crippen molar-refractivity contribution in [3.8, 4) is 0 Å². The first kappa shape index (κ1) is 15.9. The second-order valence-electron chi connectivity index (χ2n) is 3.67. The van der Waals surface area contributed by atoms with Crippen LogP contribution in [0.5, 0.6) is 0 Å². The van der Waals surface area contributed by atoms with E-state index in [4.69, 9.17) is 5.11 Å². The quantitative estimate of drug-likeness (QED) is 0.618. The number of imide groups is 1. The van der Waals surface area contributed by atoms with Crippen LogP contribution < -0.4 is 5.32 Å². The van der Waals surface area contributed by atoms with Crippen molar-refractivity contribution in [2.75, 3.05) is 12.9 Å². The maximum absolute atomic E-state index is 11.4. The van der Waals surface area contributed by atoms with Gasteiger partial charge in [0.1, 0.15) is 16.4 Å². The highest BCUT2D eigenvalue weighted by Gasteiger charge is 2.18. The molecule has 2 amide bonds. The van der Waals surface area contributed by atoms with Gasteiger partial charge in [-0.25, -0.2) is 19.6 Å². The fraction of sp³-hybridized carbons (Fsp3) is 0.364. The molecule has 0 aliphatic heterocycles. The molecule has 1 aromatic rings. The predicted octanol–water partition coefficient (Wildman–Crippen LogP) is 0.766. The molecule has 9 heteroatoms. The summed E-state index contributed by atoms with van der Waals surface area (Å²) in [5.74, 6) is -1.53. The molecule has 0 spiro atoms. The summed E-state index contributed by atoms with van der Waals surface area (Å²) in [6.07, 6.45) is -0.871. The molecule has 0 atom stereocenters. The zero-order valence-electron chi connectivity index (χ0n) is 11.1. The van der Waals surface area contributed by atoms with Gasteiger partial charge in [0.2, 0.25) is 5.91 Å². The zero-order valence-corrected chi connectivity index (χ0v) is 11.9. The van der Waals surface area contributed by atoms with Gasteiger partial charge in [0.25, 0.3) is 0 Å². The van der Waals surface area contributed by atoms with Crippen molar-refractivity contribution in [2.45, 2.75) is 18.9 Å². The normalized spacial score (nSPS) is 9.95. The number of alkyl carbamates (subject to hydrolysis) is 1. The van der Waals surface area contributed by atoms with E-state index in [0.29, 0.717) is 11.5 Å². The van der Waals surface area contributed by atoms with E-state index in [1.165, 1.54) is 0 Å². The summed E-state index contributed by atoms with van der Waals surface area (Å²) in [5.41, 5.74) is 0.271. The first-order valence-electron chi connectivity index (χ1n) is 5.44. The van der Waals surface area contributed by atoms with Gasteiger partial charge in [-0.3, -0.25) is 10.1 Å². The lowest BCUT2D eigenvalue weighted by Gasteiger charge is -2.08. The lowest BCUT2D eigenvalue weighted by atomic mass is 10.2. The number of hydrogen-bond donors (Lipinski definition) is 2. The number of carbonyl (C=O) groups is 3. The third kappa shape index (κ3) is 4.19. The number of carboxylic acids is 1. The number of thioether (sulfide) groups is 1. The van der Waals surface area contributed by atoms with Gasteiger partial charge in [-0.2, -0.15) is 0 Å². The number of rotatable bonds is 4. The summed E-state index contributed by atoms with van der Waals surface area (Å²) in [6, 6.07) is 0. The monoisotopic (exact) mass is 299 g/mol. The average molecular weight is 299 g/mol. The number of carbonyl (C=O) groups excluding carboxylic acids is 2. The summed E-state index contributed by atoms with van der Waals surface area (Å²) < 4.78 is 4.27. The lowest BCUT2D eigenvalue weighted by molar-refractivity contribution is -0.117. The largest absolute Gasteiger partial charge is 0.478 e. The van der Waals surface area contributed by atoms with E-state index in [9.17, 15) is 14.4 Å². The third-order valence-corrected chi connectivity index (χ3v) is 3.12. The molecule has 0 aliphatic rings. The SMILES string of the molecule is COC(=O)NC(=O)CSc1nc(C)nc(C)c1C(=O)O. The molecule has 20 heavy (non-hydrogen) atoms. The van der Waals surface area contributed by atoms with Crippen molar-refractivity contribution in [2.24, 2.45) is 0 Å². The van der Waals surface area contributed by atoms with Crippen LogP contribution in [0.4, 0.5) is 4.79 Å². The van der Waals surface area contributed by atoms with Crippen LogP contribution in [0, 0.1) is 13.8 Å². The minimum atomic E-state index is -1.17. The molecule has 1 rings (SSSR count). The van der Waals surface area contributed by atoms with Crippen LogP contribution in [0.15, 0.2) is 5.03 Å². The number of aryl methyl sites for hydroxylation is 2. The number of carboxylic acid groups (broad SMARTS) is 1. The Morgan fingerprint density at radius 2 is 1.95 bits per heavy atom. The van der Waals surface area contributed by atoms with Crippen LogP contribution in [-0.2, 0) is 9.53 Å². The Morgan fingerprint density at radius 1 is 1.30 bits per heavy atom. The number of nitrogens with one attached hydrogen (secondary N) is 1. The van der Waals surface area contributed by atoms with Crippen molar-refractivity contribution < 1.29 is 24.2 Å². The van der Waals surface area contributed by atoms with Crippen LogP contribution in [0.1, 0.15) is 21.9 Å². The minimum Gasteiger partial charge on any atom is -0.478 e. The van der Waals surface area contributed by atoms with Crippen molar-refractivity contribution in [1.29, 1.82) is 0 Å². The fourth-order valence-electron chi connectivity index (χ4n) is 1.37. The third-order valence-electron chi connectivity index (χ3n) is 2.15. The van der Waals surface area contributed by atoms with Crippen molar-refractivity contribution in [3.63, 3.8) is 0 Å². The molecule has 0 bridgehead atoms. The number of aromatic carboxylic acids is 1. The number of methoxy groups -OCH3 is 1. The Hall–Kier alpha value is -2.16. The van der Waals surface area contributed by atoms with E-state index >= 15 is 0 Å². The maximum Gasteiger partial charge on any atom is 0.413 e. The molecule has 0 aliphatic carbocycles. The Kier molecular flexibility index (Phi) is 5.44. The summed E-state index contributed by atoms with van der Waals surface area (Å²) in [5, 5.41) is 11.3. The number of ether oxygens (including phenoxy) is 1. The van der Waals surface area contributed by atoms with E-state index in [-0.39, 0.29) is 16.3 Å². The molecule has 0 radical (unpaired) electrons. The first-order valence-corrected chi connectivity index (χ1v) is 6.42. The molecule has 0 aromatic carbocycles. The van der Waals surface area contributed by atoms with Gasteiger partial charge in [0.15, 0.2) is 0 Å². The highest BCUT2D eigenvalue weighted by molar-refractivity contribution is 8.00. The standard InChI is InChI=1S/C11H13N3O5S/c1-5-8(10(16)17)9(13-6(2)12-5)20-4-7(15)14-11(18)19-3/h4H2,1-3H3,(H,16,17)(H,14,15,18). The molecule has 108 valence electrons. The molecule has 0 saturated carbocycles. The Morgan fingerprint density at radius 3 is 2.50 bits per heavy atom. The summed E-state index contributed by atoms with van der Waals surface area (Å²) >= 11 is 0.913. The Balaban J connectivity index is 2.85. The zero-order chi connectivity index (χ0) is 15.3. The van der Waals surface area contributed by atoms with Gasteiger partial charge in [0.05, 0.1) is 18.6 Å². The van der Waals surface area contributed by atoms with E-state index in [0.717, 1.165) is 18.9 Å². The van der Waals surface area contributed by atoms with Crippen LogP contribution in [0.2, 0.25) is 0 Å². The number of hydrogen-bond acceptors (Lipinski definition) is 7. The van der Waals surface area contributed by atoms with Gasteiger partial charge in [-0.15, -0.1) is 0 Å². The molecule has 1 aromatic heterocycles. The van der Waals surface area contributed by atoms with Crippen LogP contribution in [0.25, 0.3) is 0 Å². The van der Waals surface area contributed by atoms with E-state index in [1.54, 1.807) is 13.8 Å². The van der Waals surface area contributed by atoms with Crippen molar-refractivity contribution in [3.05, 3.63) is 17.1 Å². The Labute approximate surface area is 118 Å². The van der Waals surface area contributed by atoms with Gasteiger partial charge in [-0.05, 0) is 13.8 Å². The van der Waals surface area contributed by atoms with Gasteiger partial charge in [-0.1, -0.05) is 11.8 Å². The van der Waals surface area contributed by atoms with Gasteiger partial charge < -0.3 is 9.84 Å². The molecular weight excluding hydrogens is 286 g/mol. The Bertz CT molecular complexity index is 561. The summed E-state index contributed by atoms with van der Waals surface area (Å²) in [7, 11) is 1.13. The van der Waals surface area contributed by atoms with Crippen LogP contribution >= 0.6 is 11.8 Å². The second kappa shape index (κ2) is 6.85. The lowest BCUT2D eigenvalue weighted by Crippen LogP contribution is -2.31. The summed E-state index contributed by atoms with van der Waals surface area (Å²) in [6.45, 7) is 3.17. The van der Waals surface area contributed by atoms with Gasteiger partial charge >= 0.3 is 12.1 Å². The van der Waals surface area contributed by atoms with E-state index in [2.05, 4.69) is 14.7 Å². The smallest absolute Gasteiger partial charge is 0.413 e. The predicted molar refractivity (Wildman–Crippen MR) is 69.7 cm³/mol. The second-order valence-corrected chi connectivity index (χ2v) is 4.63. The molecule has 1 heterocycles. The molecule has 8 nitrogen and oxygen atoms in total. The molecule has 0 saturated heterocycles. The number of aromatic nitrogens is 2. The molecule has 0 unspecified atom stereocenters. The van der Waals surface area contributed by atoms with Crippen LogP contribution in [0.3, 0.4) is 0 Å². The van der Waals surface area contributed by atoms with Crippen molar-refractivity contribution >= 4 is 29.7 Å². The average Bonchev–Trinajstić information content (AvgIpc) is 2.34. The van der Waals surface area contributed by atoms with Crippen molar-refractivity contribution in [1.82, 2.24) is 15.3 Å². The minimum absolute atomic E-state index is 0.0496. The summed E-state index contributed by atoms with van der Waals surface area (Å²) in [4.78, 5) is 41.4. The topological polar surface area (TPSA) is 118 Å². The van der Waals surface area contributed by atoms with E-state index in [1.807, 2.05) is 5.32 Å². The van der Waals surface area contributed by atoms with E-state index < -0.39 is 18.0 Å². The highest BCUT2D eigenvalue weighted by Crippen LogP contribution is 2.22. The number of amides is 2. The van der Waals surface area contributed by atoms with Gasteiger partial charge in [0, 0.05) is 0 Å².